The van der Waals surface area contributed by atoms with E-state index < -0.39 is 10.0 Å². The van der Waals surface area contributed by atoms with E-state index in [1.807, 2.05) is 6.92 Å². The summed E-state index contributed by atoms with van der Waals surface area (Å²) in [6, 6.07) is 3.47. The molecule has 4 nitrogen and oxygen atoms in total. The summed E-state index contributed by atoms with van der Waals surface area (Å²) in [7, 11) is -3.28. The number of sulfonamides is 1. The second-order valence-electron chi connectivity index (χ2n) is 3.95. The van der Waals surface area contributed by atoms with Crippen LogP contribution in [0.4, 0.5) is 0 Å². The van der Waals surface area contributed by atoms with Gasteiger partial charge in [-0.25, -0.2) is 8.42 Å². The minimum atomic E-state index is -3.28. The van der Waals surface area contributed by atoms with Gasteiger partial charge in [0.15, 0.2) is 0 Å². The third kappa shape index (κ3) is 2.29. The molecule has 6 heteroatoms. The van der Waals surface area contributed by atoms with Crippen LogP contribution in [0.15, 0.2) is 21.7 Å². The van der Waals surface area contributed by atoms with E-state index >= 15 is 0 Å². The summed E-state index contributed by atoms with van der Waals surface area (Å²) < 4.78 is 26.7. The van der Waals surface area contributed by atoms with Gasteiger partial charge in [0.2, 0.25) is 0 Å². The lowest BCUT2D eigenvalue weighted by Crippen LogP contribution is -2.41. The maximum absolute atomic E-state index is 12.3. The molecule has 0 aromatic carbocycles. The number of thiophene rings is 1. The van der Waals surface area contributed by atoms with Crippen LogP contribution >= 0.6 is 11.3 Å². The van der Waals surface area contributed by atoms with Crippen LogP contribution in [0.5, 0.6) is 0 Å². The molecule has 1 saturated heterocycles. The van der Waals surface area contributed by atoms with E-state index in [0.29, 0.717) is 10.8 Å². The van der Waals surface area contributed by atoms with Gasteiger partial charge < -0.3 is 5.32 Å². The Morgan fingerprint density at radius 1 is 1.56 bits per heavy atom. The molecule has 0 bridgehead atoms. The van der Waals surface area contributed by atoms with Crippen molar-refractivity contribution in [3.05, 3.63) is 17.5 Å². The van der Waals surface area contributed by atoms with Crippen LogP contribution in [0.1, 0.15) is 13.3 Å². The molecule has 2 heterocycles. The van der Waals surface area contributed by atoms with Crippen LogP contribution in [0.25, 0.3) is 0 Å². The SMILES string of the molecule is CC1CNCCCN1S(=O)(=O)c1cccs1. The van der Waals surface area contributed by atoms with Crippen molar-refractivity contribution in [1.29, 1.82) is 0 Å². The molecule has 1 N–H and O–H groups in total. The van der Waals surface area contributed by atoms with E-state index in [0.717, 1.165) is 19.5 Å². The summed E-state index contributed by atoms with van der Waals surface area (Å²) in [5.41, 5.74) is 0. The van der Waals surface area contributed by atoms with Crippen LogP contribution in [0.2, 0.25) is 0 Å². The van der Waals surface area contributed by atoms with Gasteiger partial charge in [-0.1, -0.05) is 6.07 Å². The van der Waals surface area contributed by atoms with Gasteiger partial charge in [0.05, 0.1) is 0 Å². The summed E-state index contributed by atoms with van der Waals surface area (Å²) >= 11 is 1.28. The minimum Gasteiger partial charge on any atom is -0.315 e. The summed E-state index contributed by atoms with van der Waals surface area (Å²) in [6.45, 7) is 4.17. The topological polar surface area (TPSA) is 49.4 Å². The molecule has 1 fully saturated rings. The van der Waals surface area contributed by atoms with Crippen molar-refractivity contribution in [3.8, 4) is 0 Å². The Kier molecular flexibility index (Phi) is 3.63. The first-order valence-electron chi connectivity index (χ1n) is 5.38. The molecule has 16 heavy (non-hydrogen) atoms. The average molecular weight is 260 g/mol. The van der Waals surface area contributed by atoms with Crippen LogP contribution < -0.4 is 5.32 Å². The van der Waals surface area contributed by atoms with E-state index in [1.54, 1.807) is 21.8 Å². The maximum Gasteiger partial charge on any atom is 0.252 e. The molecule has 1 atom stereocenters. The second kappa shape index (κ2) is 4.83. The Balaban J connectivity index is 2.28. The first-order chi connectivity index (χ1) is 7.62. The highest BCUT2D eigenvalue weighted by Gasteiger charge is 2.30. The van der Waals surface area contributed by atoms with Gasteiger partial charge in [-0.15, -0.1) is 11.3 Å². The first-order valence-corrected chi connectivity index (χ1v) is 7.70. The van der Waals surface area contributed by atoms with Gasteiger partial charge in [0, 0.05) is 19.1 Å². The number of hydrogen-bond acceptors (Lipinski definition) is 4. The first kappa shape index (κ1) is 12.0. The Bertz CT molecular complexity index is 428. The number of rotatable bonds is 2. The molecular weight excluding hydrogens is 244 g/mol. The fraction of sp³-hybridized carbons (Fsp3) is 0.600. The molecule has 0 saturated carbocycles. The van der Waals surface area contributed by atoms with Crippen molar-refractivity contribution in [2.75, 3.05) is 19.6 Å². The fourth-order valence-corrected chi connectivity index (χ4v) is 4.66. The van der Waals surface area contributed by atoms with Crippen LogP contribution in [-0.4, -0.2) is 38.4 Å². The van der Waals surface area contributed by atoms with Crippen molar-refractivity contribution < 1.29 is 8.42 Å². The highest BCUT2D eigenvalue weighted by molar-refractivity contribution is 7.91. The largest absolute Gasteiger partial charge is 0.315 e. The Hall–Kier alpha value is -0.430. The third-order valence-corrected chi connectivity index (χ3v) is 6.11. The molecule has 1 aliphatic rings. The molecule has 0 spiro atoms. The number of nitrogens with zero attached hydrogens (tertiary/aromatic N) is 1. The molecule has 1 unspecified atom stereocenters. The van der Waals surface area contributed by atoms with Crippen molar-refractivity contribution in [1.82, 2.24) is 9.62 Å². The van der Waals surface area contributed by atoms with Crippen molar-refractivity contribution >= 4 is 21.4 Å². The van der Waals surface area contributed by atoms with Gasteiger partial charge in [0.1, 0.15) is 4.21 Å². The van der Waals surface area contributed by atoms with Crippen LogP contribution in [0.3, 0.4) is 0 Å². The van der Waals surface area contributed by atoms with Crippen LogP contribution in [-0.2, 0) is 10.0 Å². The third-order valence-electron chi connectivity index (χ3n) is 2.72. The van der Waals surface area contributed by atoms with Gasteiger partial charge in [-0.3, -0.25) is 0 Å². The molecule has 1 aromatic heterocycles. The lowest BCUT2D eigenvalue weighted by Gasteiger charge is -2.25. The molecule has 90 valence electrons. The van der Waals surface area contributed by atoms with Crippen molar-refractivity contribution in [2.45, 2.75) is 23.6 Å². The Morgan fingerprint density at radius 3 is 3.06 bits per heavy atom. The zero-order chi connectivity index (χ0) is 11.6. The van der Waals surface area contributed by atoms with Gasteiger partial charge in [-0.05, 0) is 31.3 Å². The Labute approximate surface area is 100 Å². The number of nitrogens with one attached hydrogen (secondary N) is 1. The van der Waals surface area contributed by atoms with E-state index in [9.17, 15) is 8.42 Å². The standard InChI is InChI=1S/C10H16N2O2S2/c1-9-8-11-5-3-6-12(9)16(13,14)10-4-2-7-15-10/h2,4,7,9,11H,3,5-6,8H2,1H3. The lowest BCUT2D eigenvalue weighted by atomic mass is 10.3. The molecule has 1 aromatic rings. The van der Waals surface area contributed by atoms with Crippen molar-refractivity contribution in [3.63, 3.8) is 0 Å². The van der Waals surface area contributed by atoms with E-state index in [-0.39, 0.29) is 6.04 Å². The normalized spacial score (nSPS) is 24.2. The second-order valence-corrected chi connectivity index (χ2v) is 7.02. The molecule has 0 amide bonds. The minimum absolute atomic E-state index is 0.0228. The number of hydrogen-bond donors (Lipinski definition) is 1. The van der Waals surface area contributed by atoms with Crippen molar-refractivity contribution in [2.24, 2.45) is 0 Å². The predicted octanol–water partition coefficient (Wildman–Crippen LogP) is 1.12. The average Bonchev–Trinajstić information content (AvgIpc) is 2.69. The Morgan fingerprint density at radius 2 is 2.38 bits per heavy atom. The van der Waals surface area contributed by atoms with Gasteiger partial charge >= 0.3 is 0 Å². The highest BCUT2D eigenvalue weighted by atomic mass is 32.2. The fourth-order valence-electron chi connectivity index (χ4n) is 1.88. The summed E-state index contributed by atoms with van der Waals surface area (Å²) in [5, 5.41) is 5.04. The molecule has 0 radical (unpaired) electrons. The molecule has 1 aliphatic heterocycles. The van der Waals surface area contributed by atoms with Gasteiger partial charge in [0.25, 0.3) is 10.0 Å². The predicted molar refractivity (Wildman–Crippen MR) is 65.2 cm³/mol. The lowest BCUT2D eigenvalue weighted by molar-refractivity contribution is 0.354. The van der Waals surface area contributed by atoms with Gasteiger partial charge in [-0.2, -0.15) is 4.31 Å². The highest BCUT2D eigenvalue weighted by Crippen LogP contribution is 2.23. The summed E-state index contributed by atoms with van der Waals surface area (Å²) in [4.78, 5) is 0. The quantitative estimate of drug-likeness (QED) is 0.867. The monoisotopic (exact) mass is 260 g/mol. The van der Waals surface area contributed by atoms with Crippen LogP contribution in [0, 0.1) is 0 Å². The van der Waals surface area contributed by atoms with E-state index in [1.165, 1.54) is 11.3 Å². The molecular formula is C10H16N2O2S2. The van der Waals surface area contributed by atoms with E-state index in [4.69, 9.17) is 0 Å². The van der Waals surface area contributed by atoms with E-state index in [2.05, 4.69) is 5.32 Å². The zero-order valence-corrected chi connectivity index (χ0v) is 10.9. The maximum atomic E-state index is 12.3. The zero-order valence-electron chi connectivity index (χ0n) is 9.22. The molecule has 0 aliphatic carbocycles. The molecule has 2 rings (SSSR count). The smallest absolute Gasteiger partial charge is 0.252 e. The summed E-state index contributed by atoms with van der Waals surface area (Å²) in [5.74, 6) is 0. The summed E-state index contributed by atoms with van der Waals surface area (Å²) in [6.07, 6.45) is 0.870.